The van der Waals surface area contributed by atoms with Crippen molar-refractivity contribution in [3.8, 4) is 0 Å². The van der Waals surface area contributed by atoms with Gasteiger partial charge in [-0.25, -0.2) is 9.11 Å². The van der Waals surface area contributed by atoms with Crippen LogP contribution in [0.25, 0.3) is 0 Å². The maximum absolute atomic E-state index is 13.5. The lowest BCUT2D eigenvalue weighted by Crippen LogP contribution is -2.54. The Hall–Kier alpha value is -0.830. The average molecular weight is 619 g/mol. The third-order valence-corrected chi connectivity index (χ3v) is 7.67. The van der Waals surface area contributed by atoms with Crippen molar-refractivity contribution in [2.75, 3.05) is 33.1 Å². The van der Waals surface area contributed by atoms with E-state index in [1.807, 2.05) is 40.8 Å². The Kier molecular flexibility index (Phi) is 33.9. The molecule has 0 bridgehead atoms. The normalized spacial score (nSPS) is 14.8. The molecule has 2 fully saturated rings. The van der Waals surface area contributed by atoms with Gasteiger partial charge in [-0.05, 0) is 74.6 Å². The van der Waals surface area contributed by atoms with Crippen LogP contribution in [0.5, 0.6) is 0 Å². The van der Waals surface area contributed by atoms with Gasteiger partial charge in [0.05, 0.1) is 10.8 Å². The van der Waals surface area contributed by atoms with E-state index in [2.05, 4.69) is 61.0 Å². The zero-order chi connectivity index (χ0) is 31.3. The number of thioether (sulfide) groups is 1. The molecule has 234 valence electrons. The van der Waals surface area contributed by atoms with E-state index in [0.29, 0.717) is 21.7 Å². The highest BCUT2D eigenvalue weighted by Gasteiger charge is 2.19. The van der Waals surface area contributed by atoms with Gasteiger partial charge in [0.2, 0.25) is 0 Å². The van der Waals surface area contributed by atoms with Gasteiger partial charge >= 0.3 is 0 Å². The summed E-state index contributed by atoms with van der Waals surface area (Å²) < 4.78 is 16.5. The minimum atomic E-state index is -0.266. The molecule has 4 nitrogen and oxygen atoms in total. The highest BCUT2D eigenvalue weighted by Crippen LogP contribution is 2.26. The number of likely N-dealkylation sites (tertiary alicyclic amines) is 1. The number of nitrogens with zero attached hydrogens (tertiary/aromatic N) is 2. The maximum Gasteiger partial charge on any atom is 0.138 e. The lowest BCUT2D eigenvalue weighted by Gasteiger charge is -2.35. The molecule has 1 saturated carbocycles. The van der Waals surface area contributed by atoms with Crippen LogP contribution in [0.15, 0.2) is 46.3 Å². The number of rotatable bonds is 8. The molecule has 0 amide bonds. The number of aliphatic imine (C=N–C) groups is 1. The predicted octanol–water partition coefficient (Wildman–Crippen LogP) is 10.2. The zero-order valence-electron chi connectivity index (χ0n) is 27.2. The highest BCUT2D eigenvalue weighted by atomic mass is 35.5. The summed E-state index contributed by atoms with van der Waals surface area (Å²) >= 11 is 8.65. The Morgan fingerprint density at radius 3 is 2.08 bits per heavy atom. The smallest absolute Gasteiger partial charge is 0.138 e. The average Bonchev–Trinajstić information content (AvgIpc) is 2.95. The van der Waals surface area contributed by atoms with E-state index in [4.69, 9.17) is 11.6 Å². The number of allylic oxidation sites excluding steroid dienone is 1. The molecular weight excluding hydrogens is 559 g/mol. The molecule has 0 spiro atoms. The van der Waals surface area contributed by atoms with E-state index in [-0.39, 0.29) is 5.82 Å². The predicted molar refractivity (Wildman–Crippen MR) is 187 cm³/mol. The molecule has 1 heterocycles. The molecule has 1 saturated heterocycles. The number of benzene rings is 1. The van der Waals surface area contributed by atoms with Crippen molar-refractivity contribution in [3.63, 3.8) is 0 Å². The first kappa shape index (κ1) is 43.6. The van der Waals surface area contributed by atoms with E-state index < -0.39 is 0 Å². The summed E-state index contributed by atoms with van der Waals surface area (Å²) in [4.78, 5) is 6.35. The molecule has 2 N–H and O–H groups in total. The molecule has 40 heavy (non-hydrogen) atoms. The molecule has 0 radical (unpaired) electrons. The van der Waals surface area contributed by atoms with Crippen molar-refractivity contribution in [2.24, 2.45) is 16.8 Å². The molecule has 3 rings (SSSR count). The van der Waals surface area contributed by atoms with E-state index in [1.54, 1.807) is 24.6 Å². The first-order valence-electron chi connectivity index (χ1n) is 14.7. The van der Waals surface area contributed by atoms with Crippen LogP contribution in [0.1, 0.15) is 86.1 Å². The van der Waals surface area contributed by atoms with Gasteiger partial charge in [-0.3, -0.25) is 4.99 Å². The van der Waals surface area contributed by atoms with Crippen LogP contribution in [0, 0.1) is 24.6 Å². The third kappa shape index (κ3) is 26.1. The van der Waals surface area contributed by atoms with Crippen molar-refractivity contribution in [1.29, 1.82) is 0 Å². The van der Waals surface area contributed by atoms with Crippen molar-refractivity contribution in [3.05, 3.63) is 52.8 Å². The molecule has 1 aromatic carbocycles. The zero-order valence-corrected chi connectivity index (χ0v) is 29.5. The van der Waals surface area contributed by atoms with Gasteiger partial charge in [-0.1, -0.05) is 98.2 Å². The second-order valence-electron chi connectivity index (χ2n) is 9.49. The van der Waals surface area contributed by atoms with Crippen LogP contribution in [-0.4, -0.2) is 50.7 Å². The van der Waals surface area contributed by atoms with Crippen LogP contribution >= 0.6 is 35.3 Å². The van der Waals surface area contributed by atoms with Crippen LogP contribution < -0.4 is 10.0 Å². The highest BCUT2D eigenvalue weighted by molar-refractivity contribution is 8.03. The van der Waals surface area contributed by atoms with Gasteiger partial charge in [0, 0.05) is 30.4 Å². The lowest BCUT2D eigenvalue weighted by atomic mass is 9.91. The van der Waals surface area contributed by atoms with Gasteiger partial charge < -0.3 is 10.2 Å². The van der Waals surface area contributed by atoms with E-state index in [1.165, 1.54) is 75.0 Å². The number of halogens is 2. The van der Waals surface area contributed by atoms with Crippen LogP contribution in [0.4, 0.5) is 4.39 Å². The Bertz CT molecular complexity index is 749. The van der Waals surface area contributed by atoms with Crippen molar-refractivity contribution in [2.45, 2.75) is 98.4 Å². The SMILES string of the molecule is C=CC(C)C.C=N/C=C\SCNSc1cc(Cl)c(C)cc1F.CC.CC.CC1CCCCC1.CNC1CN(C)C1. The van der Waals surface area contributed by atoms with Gasteiger partial charge in [-0.2, -0.15) is 0 Å². The second-order valence-corrected chi connectivity index (χ2v) is 11.7. The Balaban J connectivity index is -0.000000492. The maximum atomic E-state index is 13.5. The molecule has 2 aliphatic rings. The fraction of sp³-hybridized carbons (Fsp3) is 0.656. The summed E-state index contributed by atoms with van der Waals surface area (Å²) in [6.45, 7) is 25.7. The van der Waals surface area contributed by atoms with Crippen molar-refractivity contribution < 1.29 is 4.39 Å². The van der Waals surface area contributed by atoms with Gasteiger partial charge in [0.15, 0.2) is 0 Å². The molecular formula is C32H60ClFN4S2. The topological polar surface area (TPSA) is 39.7 Å². The van der Waals surface area contributed by atoms with Crippen LogP contribution in [0.2, 0.25) is 5.02 Å². The van der Waals surface area contributed by atoms with Crippen molar-refractivity contribution >= 4 is 42.0 Å². The second kappa shape index (κ2) is 31.1. The summed E-state index contributed by atoms with van der Waals surface area (Å²) in [5.74, 6) is 2.06. The van der Waals surface area contributed by atoms with Crippen LogP contribution in [-0.2, 0) is 0 Å². The standard InChI is InChI=1S/C11H12ClFN2S2.C7H14.C5H12N2.C5H10.2C2H6/c1-8-5-10(13)11(6-9(8)12)17-15-7-16-4-3-14-2;1-7-5-3-2-4-6-7;1-6-5-3-7(2)4-5;1-4-5(2)3;2*1-2/h3-6,15H,2,7H2,1H3;7H,2-6H2,1H3;5-6H,3-4H2,1-2H3;4-5H,1H2,2-3H3;2*1-2H3/b4-3-;;;;;. The molecule has 8 heteroatoms. The van der Waals surface area contributed by atoms with Gasteiger partial charge in [-0.15, -0.1) is 18.3 Å². The molecule has 1 aliphatic heterocycles. The van der Waals surface area contributed by atoms with Gasteiger partial charge in [0.1, 0.15) is 5.82 Å². The molecule has 1 aromatic rings. The molecule has 0 atom stereocenters. The van der Waals surface area contributed by atoms with E-state index in [0.717, 1.165) is 17.5 Å². The number of hydrogen-bond acceptors (Lipinski definition) is 6. The fourth-order valence-corrected chi connectivity index (χ4v) is 4.66. The summed E-state index contributed by atoms with van der Waals surface area (Å²) in [6, 6.07) is 3.82. The quantitative estimate of drug-likeness (QED) is 0.0997. The number of hydrogen-bond donors (Lipinski definition) is 2. The number of likely N-dealkylation sites (N-methyl/N-ethyl adjacent to an activating group) is 2. The monoisotopic (exact) mass is 618 g/mol. The first-order chi connectivity index (χ1) is 19.1. The third-order valence-electron chi connectivity index (χ3n) is 5.64. The minimum absolute atomic E-state index is 0.266. The first-order valence-corrected chi connectivity index (χ1v) is 16.9. The summed E-state index contributed by atoms with van der Waals surface area (Å²) in [6.07, 6.45) is 11.0. The Labute approximate surface area is 261 Å². The minimum Gasteiger partial charge on any atom is -0.315 e. The molecule has 0 aromatic heterocycles. The summed E-state index contributed by atoms with van der Waals surface area (Å²) in [5, 5.41) is 5.56. The Morgan fingerprint density at radius 1 is 1.15 bits per heavy atom. The van der Waals surface area contributed by atoms with Crippen LogP contribution in [0.3, 0.4) is 0 Å². The number of nitrogens with one attached hydrogen (secondary N) is 2. The van der Waals surface area contributed by atoms with Gasteiger partial charge in [0.25, 0.3) is 0 Å². The van der Waals surface area contributed by atoms with E-state index >= 15 is 0 Å². The molecule has 1 aliphatic carbocycles. The van der Waals surface area contributed by atoms with Crippen molar-refractivity contribution in [1.82, 2.24) is 14.9 Å². The fourth-order valence-electron chi connectivity index (χ4n) is 3.17. The Morgan fingerprint density at radius 2 is 1.70 bits per heavy atom. The summed E-state index contributed by atoms with van der Waals surface area (Å²) in [7, 11) is 4.14. The molecule has 0 unspecified atom stereocenters. The van der Waals surface area contributed by atoms with E-state index in [9.17, 15) is 4.39 Å². The largest absolute Gasteiger partial charge is 0.315 e. The summed E-state index contributed by atoms with van der Waals surface area (Å²) in [5.41, 5.74) is 0.739. The lowest BCUT2D eigenvalue weighted by molar-refractivity contribution is 0.169. The number of aryl methyl sites for hydroxylation is 1.